The maximum atomic E-state index is 4.90. The minimum Gasteiger partial charge on any atom is -0.502 e. The molecule has 1 unspecified atom stereocenters. The van der Waals surface area contributed by atoms with E-state index in [9.17, 15) is 0 Å². The molecule has 0 saturated carbocycles. The average Bonchev–Trinajstić information content (AvgIpc) is 1.83. The first-order valence-electron chi connectivity index (χ1n) is 2.64. The molecule has 0 aliphatic rings. The van der Waals surface area contributed by atoms with Crippen LogP contribution in [-0.2, 0) is 4.74 Å². The van der Waals surface area contributed by atoms with Crippen LogP contribution < -0.4 is 0 Å². The first kappa shape index (κ1) is 7.89. The minimum atomic E-state index is 0.524. The summed E-state index contributed by atoms with van der Waals surface area (Å²) < 4.78 is 4.90. The molecule has 0 N–H and O–H groups in total. The van der Waals surface area contributed by atoms with Crippen LogP contribution in [0.5, 0.6) is 0 Å². The topological polar surface area (TPSA) is 9.23 Å². The summed E-state index contributed by atoms with van der Waals surface area (Å²) in [4.78, 5) is 0. The zero-order valence-corrected chi connectivity index (χ0v) is 6.03. The van der Waals surface area contributed by atoms with Crippen LogP contribution >= 0.6 is 12.6 Å². The van der Waals surface area contributed by atoms with E-state index in [4.69, 9.17) is 4.74 Å². The van der Waals surface area contributed by atoms with Crippen molar-refractivity contribution in [1.29, 1.82) is 0 Å². The predicted molar refractivity (Wildman–Crippen MR) is 39.2 cm³/mol. The molecule has 0 amide bonds. The van der Waals surface area contributed by atoms with E-state index in [2.05, 4.69) is 26.1 Å². The van der Waals surface area contributed by atoms with Crippen LogP contribution in [0.2, 0.25) is 0 Å². The summed E-state index contributed by atoms with van der Waals surface area (Å²) in [6.45, 7) is 6.23. The molecule has 0 aromatic rings. The third kappa shape index (κ3) is 4.06. The lowest BCUT2D eigenvalue weighted by Crippen LogP contribution is -2.03. The molecule has 0 aliphatic carbocycles. The van der Waals surface area contributed by atoms with Crippen LogP contribution in [0.4, 0.5) is 0 Å². The Morgan fingerprint density at radius 1 is 1.88 bits per heavy atom. The van der Waals surface area contributed by atoms with E-state index in [1.165, 1.54) is 6.26 Å². The molecule has 0 saturated heterocycles. The van der Waals surface area contributed by atoms with E-state index in [1.54, 1.807) is 0 Å². The lowest BCUT2D eigenvalue weighted by Gasteiger charge is -2.04. The van der Waals surface area contributed by atoms with Gasteiger partial charge in [0.25, 0.3) is 0 Å². The first-order chi connectivity index (χ1) is 3.81. The van der Waals surface area contributed by atoms with E-state index >= 15 is 0 Å². The molecule has 1 atom stereocenters. The summed E-state index contributed by atoms with van der Waals surface area (Å²) in [6.07, 6.45) is 1.46. The molecule has 0 aromatic heterocycles. The van der Waals surface area contributed by atoms with Gasteiger partial charge in [-0.3, -0.25) is 0 Å². The average molecular weight is 132 g/mol. The van der Waals surface area contributed by atoms with E-state index in [0.717, 1.165) is 12.4 Å². The summed E-state index contributed by atoms with van der Waals surface area (Å²) in [6, 6.07) is 0. The van der Waals surface area contributed by atoms with Gasteiger partial charge >= 0.3 is 0 Å². The summed E-state index contributed by atoms with van der Waals surface area (Å²) in [7, 11) is 0. The van der Waals surface area contributed by atoms with Crippen molar-refractivity contribution in [3.63, 3.8) is 0 Å². The van der Waals surface area contributed by atoms with Gasteiger partial charge in [0.2, 0.25) is 0 Å². The predicted octanol–water partition coefficient (Wildman–Crippen LogP) is 1.71. The molecule has 2 heteroatoms. The van der Waals surface area contributed by atoms with Crippen LogP contribution in [-0.4, -0.2) is 12.4 Å². The van der Waals surface area contributed by atoms with E-state index in [0.29, 0.717) is 5.92 Å². The van der Waals surface area contributed by atoms with E-state index in [-0.39, 0.29) is 0 Å². The summed E-state index contributed by atoms with van der Waals surface area (Å²) in [5.74, 6) is 1.39. The fourth-order valence-electron chi connectivity index (χ4n) is 0.285. The SMILES string of the molecule is C=COCC(C)CS. The van der Waals surface area contributed by atoms with Gasteiger partial charge in [-0.15, -0.1) is 0 Å². The van der Waals surface area contributed by atoms with Crippen LogP contribution in [0.25, 0.3) is 0 Å². The molecule has 0 radical (unpaired) electrons. The fraction of sp³-hybridized carbons (Fsp3) is 0.667. The highest BCUT2D eigenvalue weighted by Gasteiger charge is 1.95. The largest absolute Gasteiger partial charge is 0.502 e. The van der Waals surface area contributed by atoms with Crippen molar-refractivity contribution in [2.24, 2.45) is 5.92 Å². The standard InChI is InChI=1S/C6H12OS/c1-3-7-4-6(2)5-8/h3,6,8H,1,4-5H2,2H3. The number of hydrogen-bond donors (Lipinski definition) is 1. The number of thiol groups is 1. The molecule has 0 heterocycles. The molecule has 0 fully saturated rings. The lowest BCUT2D eigenvalue weighted by molar-refractivity contribution is 0.215. The molecule has 8 heavy (non-hydrogen) atoms. The van der Waals surface area contributed by atoms with Gasteiger partial charge in [0.15, 0.2) is 0 Å². The molecule has 0 spiro atoms. The Hall–Kier alpha value is -0.110. The molecule has 0 aromatic carbocycles. The van der Waals surface area contributed by atoms with Crippen molar-refractivity contribution in [2.75, 3.05) is 12.4 Å². The third-order valence-electron chi connectivity index (χ3n) is 0.810. The second-order valence-electron chi connectivity index (χ2n) is 1.79. The van der Waals surface area contributed by atoms with Gasteiger partial charge < -0.3 is 4.74 Å². The smallest absolute Gasteiger partial charge is 0.0906 e. The van der Waals surface area contributed by atoms with Crippen molar-refractivity contribution in [3.8, 4) is 0 Å². The first-order valence-corrected chi connectivity index (χ1v) is 3.28. The lowest BCUT2D eigenvalue weighted by atomic mass is 10.2. The molecular formula is C6H12OS. The Balaban J connectivity index is 2.97. The van der Waals surface area contributed by atoms with Crippen LogP contribution in [0.15, 0.2) is 12.8 Å². The van der Waals surface area contributed by atoms with Gasteiger partial charge in [0.1, 0.15) is 0 Å². The zero-order valence-electron chi connectivity index (χ0n) is 5.13. The van der Waals surface area contributed by atoms with Crippen molar-refractivity contribution in [1.82, 2.24) is 0 Å². The third-order valence-corrected chi connectivity index (χ3v) is 1.43. The Bertz CT molecular complexity index is 63.5. The van der Waals surface area contributed by atoms with Gasteiger partial charge in [0, 0.05) is 0 Å². The van der Waals surface area contributed by atoms with Crippen molar-refractivity contribution >= 4 is 12.6 Å². The number of ether oxygens (including phenoxy) is 1. The van der Waals surface area contributed by atoms with Gasteiger partial charge in [-0.05, 0) is 11.7 Å². The minimum absolute atomic E-state index is 0.524. The highest BCUT2D eigenvalue weighted by Crippen LogP contribution is 1.96. The second-order valence-corrected chi connectivity index (χ2v) is 2.15. The summed E-state index contributed by atoms with van der Waals surface area (Å²) in [5, 5.41) is 0. The Labute approximate surface area is 56.1 Å². The van der Waals surface area contributed by atoms with Crippen molar-refractivity contribution in [3.05, 3.63) is 12.8 Å². The van der Waals surface area contributed by atoms with Crippen molar-refractivity contribution < 1.29 is 4.74 Å². The molecule has 48 valence electrons. The normalized spacial score (nSPS) is 12.8. The molecular weight excluding hydrogens is 120 g/mol. The number of rotatable bonds is 4. The molecule has 1 nitrogen and oxygen atoms in total. The Kier molecular flexibility index (Phi) is 4.97. The van der Waals surface area contributed by atoms with Crippen LogP contribution in [0, 0.1) is 5.92 Å². The molecule has 0 aliphatic heterocycles. The quantitative estimate of drug-likeness (QED) is 0.452. The summed E-state index contributed by atoms with van der Waals surface area (Å²) in [5.41, 5.74) is 0. The number of hydrogen-bond acceptors (Lipinski definition) is 2. The monoisotopic (exact) mass is 132 g/mol. The molecule has 0 rings (SSSR count). The Morgan fingerprint density at radius 2 is 2.50 bits per heavy atom. The van der Waals surface area contributed by atoms with Crippen LogP contribution in [0.1, 0.15) is 6.92 Å². The molecule has 0 bridgehead atoms. The van der Waals surface area contributed by atoms with Gasteiger partial charge in [-0.1, -0.05) is 13.5 Å². The Morgan fingerprint density at radius 3 is 2.88 bits per heavy atom. The maximum absolute atomic E-state index is 4.90. The van der Waals surface area contributed by atoms with Crippen molar-refractivity contribution in [2.45, 2.75) is 6.92 Å². The van der Waals surface area contributed by atoms with Gasteiger partial charge in [0.05, 0.1) is 12.9 Å². The van der Waals surface area contributed by atoms with E-state index in [1.807, 2.05) is 0 Å². The maximum Gasteiger partial charge on any atom is 0.0906 e. The van der Waals surface area contributed by atoms with Gasteiger partial charge in [-0.2, -0.15) is 12.6 Å². The van der Waals surface area contributed by atoms with Gasteiger partial charge in [-0.25, -0.2) is 0 Å². The van der Waals surface area contributed by atoms with Crippen LogP contribution in [0.3, 0.4) is 0 Å². The fourth-order valence-corrected chi connectivity index (χ4v) is 0.390. The zero-order chi connectivity index (χ0) is 6.41. The second kappa shape index (κ2) is 5.04. The highest BCUT2D eigenvalue weighted by atomic mass is 32.1. The van der Waals surface area contributed by atoms with E-state index < -0.39 is 0 Å². The summed E-state index contributed by atoms with van der Waals surface area (Å²) >= 11 is 4.07. The highest BCUT2D eigenvalue weighted by molar-refractivity contribution is 7.80.